The number of urea groups is 1. The zero-order valence-electron chi connectivity index (χ0n) is 8.36. The molecule has 1 aromatic carbocycles. The Kier molecular flexibility index (Phi) is 3.92. The van der Waals surface area contributed by atoms with Gasteiger partial charge in [-0.15, -0.1) is 0 Å². The van der Waals surface area contributed by atoms with Crippen molar-refractivity contribution in [3.8, 4) is 11.8 Å². The second-order valence-electron chi connectivity index (χ2n) is 2.94. The van der Waals surface area contributed by atoms with E-state index in [2.05, 4.69) is 17.2 Å². The minimum absolute atomic E-state index is 0.215. The number of hydrogen-bond acceptors (Lipinski definition) is 2. The third-order valence-corrected chi connectivity index (χ3v) is 1.60. The number of carboxylic acid groups (broad SMARTS) is 1. The summed E-state index contributed by atoms with van der Waals surface area (Å²) < 4.78 is 0. The number of hydrogen-bond donors (Lipinski definition) is 3. The van der Waals surface area contributed by atoms with Crippen molar-refractivity contribution in [3.63, 3.8) is 0 Å². The van der Waals surface area contributed by atoms with E-state index in [0.717, 1.165) is 0 Å². The molecule has 0 heterocycles. The van der Waals surface area contributed by atoms with Gasteiger partial charge in [0.1, 0.15) is 6.42 Å². The highest BCUT2D eigenvalue weighted by molar-refractivity contribution is 5.87. The highest BCUT2D eigenvalue weighted by atomic mass is 16.4. The van der Waals surface area contributed by atoms with Crippen LogP contribution >= 0.6 is 0 Å². The van der Waals surface area contributed by atoms with Gasteiger partial charge in [0.25, 0.3) is 0 Å². The number of aliphatic carboxylic acids is 1. The van der Waals surface area contributed by atoms with E-state index in [4.69, 9.17) is 10.8 Å². The van der Waals surface area contributed by atoms with Crippen LogP contribution in [0.4, 0.5) is 10.5 Å². The van der Waals surface area contributed by atoms with Crippen LogP contribution in [0.3, 0.4) is 0 Å². The summed E-state index contributed by atoms with van der Waals surface area (Å²) in [4.78, 5) is 20.8. The topological polar surface area (TPSA) is 92.4 Å². The van der Waals surface area contributed by atoms with Gasteiger partial charge in [-0.25, -0.2) is 4.79 Å². The van der Waals surface area contributed by atoms with Crippen LogP contribution in [0.5, 0.6) is 0 Å². The third kappa shape index (κ3) is 4.15. The summed E-state index contributed by atoms with van der Waals surface area (Å²) in [6.07, 6.45) is -0.215. The van der Waals surface area contributed by atoms with E-state index in [1.807, 2.05) is 0 Å². The fraction of sp³-hybridized carbons (Fsp3) is 0.0909. The molecular weight excluding hydrogens is 208 g/mol. The molecule has 1 rings (SSSR count). The zero-order chi connectivity index (χ0) is 12.0. The number of benzene rings is 1. The Hall–Kier alpha value is -2.48. The maximum Gasteiger partial charge on any atom is 0.316 e. The van der Waals surface area contributed by atoms with E-state index >= 15 is 0 Å². The first-order valence-corrected chi connectivity index (χ1v) is 4.45. The van der Waals surface area contributed by atoms with Crippen LogP contribution < -0.4 is 11.1 Å². The summed E-state index contributed by atoms with van der Waals surface area (Å²) in [5.74, 6) is 4.18. The van der Waals surface area contributed by atoms with Crippen molar-refractivity contribution < 1.29 is 14.7 Å². The molecule has 0 radical (unpaired) electrons. The van der Waals surface area contributed by atoms with Gasteiger partial charge in [0.15, 0.2) is 0 Å². The van der Waals surface area contributed by atoms with Gasteiger partial charge < -0.3 is 16.2 Å². The molecule has 1 aromatic rings. The lowest BCUT2D eigenvalue weighted by atomic mass is 10.2. The van der Waals surface area contributed by atoms with Crippen molar-refractivity contribution >= 4 is 17.7 Å². The van der Waals surface area contributed by atoms with E-state index < -0.39 is 12.0 Å². The van der Waals surface area contributed by atoms with Crippen LogP contribution in [0.15, 0.2) is 24.3 Å². The van der Waals surface area contributed by atoms with Gasteiger partial charge in [-0.3, -0.25) is 4.79 Å². The number of amides is 2. The molecule has 0 atom stereocenters. The second-order valence-corrected chi connectivity index (χ2v) is 2.94. The van der Waals surface area contributed by atoms with Crippen LogP contribution in [0.25, 0.3) is 0 Å². The Balaban J connectivity index is 2.76. The van der Waals surface area contributed by atoms with E-state index in [1.54, 1.807) is 24.3 Å². The fourth-order valence-corrected chi connectivity index (χ4v) is 1.04. The average molecular weight is 218 g/mol. The van der Waals surface area contributed by atoms with E-state index in [-0.39, 0.29) is 6.42 Å². The third-order valence-electron chi connectivity index (χ3n) is 1.60. The zero-order valence-corrected chi connectivity index (χ0v) is 8.36. The monoisotopic (exact) mass is 218 g/mol. The minimum Gasteiger partial charge on any atom is -0.481 e. The SMILES string of the molecule is NC(=O)Nc1cccc(C#CCC(=O)O)c1. The average Bonchev–Trinajstić information content (AvgIpc) is 2.16. The minimum atomic E-state index is -0.973. The van der Waals surface area contributed by atoms with Gasteiger partial charge in [-0.05, 0) is 18.2 Å². The number of nitrogens with two attached hydrogens (primary N) is 1. The van der Waals surface area contributed by atoms with Gasteiger partial charge in [0.2, 0.25) is 0 Å². The first-order valence-electron chi connectivity index (χ1n) is 4.45. The van der Waals surface area contributed by atoms with Gasteiger partial charge >= 0.3 is 12.0 Å². The smallest absolute Gasteiger partial charge is 0.316 e. The first kappa shape index (κ1) is 11.6. The quantitative estimate of drug-likeness (QED) is 0.646. The summed E-state index contributed by atoms with van der Waals surface area (Å²) in [6, 6.07) is 6.01. The molecule has 0 saturated heterocycles. The molecule has 0 saturated carbocycles. The first-order chi connectivity index (χ1) is 7.58. The maximum atomic E-state index is 10.6. The Morgan fingerprint density at radius 3 is 2.81 bits per heavy atom. The Labute approximate surface area is 92.3 Å². The summed E-state index contributed by atoms with van der Waals surface area (Å²) in [5, 5.41) is 10.8. The Morgan fingerprint density at radius 1 is 1.44 bits per heavy atom. The van der Waals surface area contributed by atoms with Gasteiger partial charge in [-0.1, -0.05) is 17.9 Å². The van der Waals surface area contributed by atoms with Crippen LogP contribution in [0.2, 0.25) is 0 Å². The molecular formula is C11H10N2O3. The molecule has 5 heteroatoms. The van der Waals surface area contributed by atoms with Crippen LogP contribution in [-0.2, 0) is 4.79 Å². The molecule has 0 aliphatic carbocycles. The number of carbonyl (C=O) groups excluding carboxylic acids is 1. The second kappa shape index (κ2) is 5.41. The van der Waals surface area contributed by atoms with E-state index in [1.165, 1.54) is 0 Å². The number of carboxylic acids is 1. The molecule has 0 unspecified atom stereocenters. The molecule has 0 aromatic heterocycles. The highest BCUT2D eigenvalue weighted by Crippen LogP contribution is 2.09. The lowest BCUT2D eigenvalue weighted by Gasteiger charge is -2.00. The molecule has 0 spiro atoms. The van der Waals surface area contributed by atoms with Crippen molar-refractivity contribution in [2.24, 2.45) is 5.73 Å². The molecule has 0 fully saturated rings. The summed E-state index contributed by atoms with van der Waals surface area (Å²) >= 11 is 0. The fourth-order valence-electron chi connectivity index (χ4n) is 1.04. The maximum absolute atomic E-state index is 10.6. The van der Waals surface area contributed by atoms with Crippen LogP contribution in [0, 0.1) is 11.8 Å². The molecule has 4 N–H and O–H groups in total. The molecule has 16 heavy (non-hydrogen) atoms. The van der Waals surface area contributed by atoms with E-state index in [9.17, 15) is 9.59 Å². The van der Waals surface area contributed by atoms with E-state index in [0.29, 0.717) is 11.3 Å². The highest BCUT2D eigenvalue weighted by Gasteiger charge is 1.96. The summed E-state index contributed by atoms with van der Waals surface area (Å²) in [6.45, 7) is 0. The van der Waals surface area contributed by atoms with Crippen LogP contribution in [0.1, 0.15) is 12.0 Å². The number of primary amides is 1. The largest absolute Gasteiger partial charge is 0.481 e. The van der Waals surface area contributed by atoms with Crippen molar-refractivity contribution in [2.75, 3.05) is 5.32 Å². The number of rotatable bonds is 2. The predicted molar refractivity (Wildman–Crippen MR) is 58.8 cm³/mol. The molecule has 82 valence electrons. The lowest BCUT2D eigenvalue weighted by Crippen LogP contribution is -2.19. The van der Waals surface area contributed by atoms with Crippen molar-refractivity contribution in [1.29, 1.82) is 0 Å². The standard InChI is InChI=1S/C11H10N2O3/c12-11(16)13-9-5-1-3-8(7-9)4-2-6-10(14)15/h1,3,5,7H,6H2,(H,14,15)(H3,12,13,16). The Morgan fingerprint density at radius 2 is 2.19 bits per heavy atom. The molecule has 2 amide bonds. The lowest BCUT2D eigenvalue weighted by molar-refractivity contribution is -0.135. The predicted octanol–water partition coefficient (Wildman–Crippen LogP) is 1.00. The molecule has 0 bridgehead atoms. The number of anilines is 1. The van der Waals surface area contributed by atoms with Crippen molar-refractivity contribution in [2.45, 2.75) is 6.42 Å². The van der Waals surface area contributed by atoms with Crippen LogP contribution in [-0.4, -0.2) is 17.1 Å². The summed E-state index contributed by atoms with van der Waals surface area (Å²) in [7, 11) is 0. The summed E-state index contributed by atoms with van der Waals surface area (Å²) in [5.41, 5.74) is 6.09. The van der Waals surface area contributed by atoms with Gasteiger partial charge in [0.05, 0.1) is 0 Å². The van der Waals surface area contributed by atoms with Gasteiger partial charge in [0, 0.05) is 11.3 Å². The molecule has 0 aliphatic heterocycles. The number of carbonyl (C=O) groups is 2. The normalized spacial score (nSPS) is 8.75. The molecule has 5 nitrogen and oxygen atoms in total. The molecule has 0 aliphatic rings. The van der Waals surface area contributed by atoms with Gasteiger partial charge in [-0.2, -0.15) is 0 Å². The number of nitrogens with one attached hydrogen (secondary N) is 1. The van der Waals surface area contributed by atoms with Crippen molar-refractivity contribution in [3.05, 3.63) is 29.8 Å². The van der Waals surface area contributed by atoms with Crippen molar-refractivity contribution in [1.82, 2.24) is 0 Å². The Bertz CT molecular complexity index is 472.